The first kappa shape index (κ1) is 12.5. The molecule has 1 saturated heterocycles. The van der Waals surface area contributed by atoms with Gasteiger partial charge in [-0.3, -0.25) is 4.21 Å². The van der Waals surface area contributed by atoms with Crippen LogP contribution in [0.4, 0.5) is 0 Å². The highest BCUT2D eigenvalue weighted by molar-refractivity contribution is 8.00. The SMILES string of the molecule is CC1CC(NCCC(C)S(C)=O)CS1. The van der Waals surface area contributed by atoms with Gasteiger partial charge in [0.25, 0.3) is 0 Å². The summed E-state index contributed by atoms with van der Waals surface area (Å²) in [4.78, 5) is 0. The van der Waals surface area contributed by atoms with Crippen molar-refractivity contribution in [2.24, 2.45) is 0 Å². The van der Waals surface area contributed by atoms with Crippen LogP contribution in [0.25, 0.3) is 0 Å². The molecule has 1 fully saturated rings. The lowest BCUT2D eigenvalue weighted by atomic mass is 10.2. The second kappa shape index (κ2) is 6.13. The van der Waals surface area contributed by atoms with Crippen molar-refractivity contribution in [3.05, 3.63) is 0 Å². The molecule has 4 unspecified atom stereocenters. The van der Waals surface area contributed by atoms with Gasteiger partial charge < -0.3 is 5.32 Å². The highest BCUT2D eigenvalue weighted by Crippen LogP contribution is 2.25. The van der Waals surface area contributed by atoms with Gasteiger partial charge in [-0.05, 0) is 19.4 Å². The van der Waals surface area contributed by atoms with Gasteiger partial charge in [0.15, 0.2) is 0 Å². The fraction of sp³-hybridized carbons (Fsp3) is 1.00. The van der Waals surface area contributed by atoms with E-state index in [0.29, 0.717) is 11.3 Å². The molecule has 0 radical (unpaired) electrons. The summed E-state index contributed by atoms with van der Waals surface area (Å²) >= 11 is 2.05. The maximum Gasteiger partial charge on any atom is 0.0329 e. The van der Waals surface area contributed by atoms with Crippen LogP contribution in [0.3, 0.4) is 0 Å². The van der Waals surface area contributed by atoms with Crippen LogP contribution in [-0.2, 0) is 10.8 Å². The average Bonchev–Trinajstić information content (AvgIpc) is 2.51. The first-order valence-corrected chi connectivity index (χ1v) is 7.93. The van der Waals surface area contributed by atoms with Gasteiger partial charge in [-0.2, -0.15) is 11.8 Å². The molecule has 2 nitrogen and oxygen atoms in total. The monoisotopic (exact) mass is 235 g/mol. The van der Waals surface area contributed by atoms with Crippen molar-refractivity contribution in [2.75, 3.05) is 18.6 Å². The molecule has 0 aromatic heterocycles. The first-order chi connectivity index (χ1) is 6.59. The van der Waals surface area contributed by atoms with E-state index in [1.54, 1.807) is 6.26 Å². The Labute approximate surface area is 94.1 Å². The first-order valence-electron chi connectivity index (χ1n) is 5.26. The average molecular weight is 235 g/mol. The highest BCUT2D eigenvalue weighted by atomic mass is 32.2. The Morgan fingerprint density at radius 1 is 1.64 bits per heavy atom. The molecular weight excluding hydrogens is 214 g/mol. The molecule has 1 heterocycles. The van der Waals surface area contributed by atoms with Crippen LogP contribution in [0.5, 0.6) is 0 Å². The Morgan fingerprint density at radius 3 is 2.86 bits per heavy atom. The summed E-state index contributed by atoms with van der Waals surface area (Å²) in [7, 11) is -0.666. The zero-order chi connectivity index (χ0) is 10.6. The van der Waals surface area contributed by atoms with Crippen molar-refractivity contribution in [3.8, 4) is 0 Å². The van der Waals surface area contributed by atoms with Gasteiger partial charge >= 0.3 is 0 Å². The second-order valence-corrected chi connectivity index (χ2v) is 7.40. The zero-order valence-corrected chi connectivity index (χ0v) is 10.9. The standard InChI is InChI=1S/C10H21NOS2/c1-8-6-10(7-13-8)11-5-4-9(2)14(3)12/h8-11H,4-7H2,1-3H3. The Hall–Kier alpha value is 0.460. The Bertz CT molecular complexity index is 199. The number of nitrogens with one attached hydrogen (secondary N) is 1. The largest absolute Gasteiger partial charge is 0.313 e. The predicted octanol–water partition coefficient (Wildman–Crippen LogP) is 1.63. The molecule has 1 aliphatic rings. The molecule has 0 bridgehead atoms. The third kappa shape index (κ3) is 4.32. The summed E-state index contributed by atoms with van der Waals surface area (Å²) in [6.45, 7) is 5.36. The maximum absolute atomic E-state index is 11.1. The zero-order valence-electron chi connectivity index (χ0n) is 9.29. The van der Waals surface area contributed by atoms with Crippen molar-refractivity contribution in [1.82, 2.24) is 5.32 Å². The van der Waals surface area contributed by atoms with Gasteiger partial charge in [-0.1, -0.05) is 13.8 Å². The molecule has 1 N–H and O–H groups in total. The molecule has 0 aromatic carbocycles. The van der Waals surface area contributed by atoms with Crippen molar-refractivity contribution in [1.29, 1.82) is 0 Å². The number of rotatable bonds is 5. The van der Waals surface area contributed by atoms with Gasteiger partial charge in [-0.15, -0.1) is 0 Å². The second-order valence-electron chi connectivity index (χ2n) is 4.13. The molecule has 0 saturated carbocycles. The van der Waals surface area contributed by atoms with Crippen molar-refractivity contribution in [3.63, 3.8) is 0 Å². The smallest absolute Gasteiger partial charge is 0.0329 e. The molecule has 1 rings (SSSR count). The highest BCUT2D eigenvalue weighted by Gasteiger charge is 2.21. The van der Waals surface area contributed by atoms with Crippen molar-refractivity contribution >= 4 is 22.6 Å². The molecule has 4 heteroatoms. The fourth-order valence-electron chi connectivity index (χ4n) is 1.62. The summed E-state index contributed by atoms with van der Waals surface area (Å²) in [6, 6.07) is 0.687. The van der Waals surface area contributed by atoms with Crippen LogP contribution in [0.15, 0.2) is 0 Å². The van der Waals surface area contributed by atoms with E-state index in [9.17, 15) is 4.21 Å². The van der Waals surface area contributed by atoms with Crippen LogP contribution < -0.4 is 5.32 Å². The maximum atomic E-state index is 11.1. The molecule has 84 valence electrons. The third-order valence-electron chi connectivity index (χ3n) is 2.75. The Kier molecular flexibility index (Phi) is 5.49. The van der Waals surface area contributed by atoms with Crippen LogP contribution in [0.2, 0.25) is 0 Å². The van der Waals surface area contributed by atoms with Crippen LogP contribution in [0, 0.1) is 0 Å². The van der Waals surface area contributed by atoms with Gasteiger partial charge in [0.05, 0.1) is 0 Å². The van der Waals surface area contributed by atoms with Gasteiger partial charge in [0, 0.05) is 39.3 Å². The van der Waals surface area contributed by atoms with E-state index < -0.39 is 10.8 Å². The molecule has 14 heavy (non-hydrogen) atoms. The molecule has 4 atom stereocenters. The van der Waals surface area contributed by atoms with Crippen molar-refractivity contribution in [2.45, 2.75) is 43.2 Å². The number of hydrogen-bond acceptors (Lipinski definition) is 3. The van der Waals surface area contributed by atoms with Gasteiger partial charge in [0.2, 0.25) is 0 Å². The number of thioether (sulfide) groups is 1. The van der Waals surface area contributed by atoms with E-state index >= 15 is 0 Å². The normalized spacial score (nSPS) is 31.6. The Morgan fingerprint density at radius 2 is 2.36 bits per heavy atom. The van der Waals surface area contributed by atoms with E-state index in [1.165, 1.54) is 12.2 Å². The van der Waals surface area contributed by atoms with E-state index in [-0.39, 0.29) is 0 Å². The molecule has 1 aliphatic heterocycles. The summed E-state index contributed by atoms with van der Waals surface area (Å²) in [5, 5.41) is 4.68. The quantitative estimate of drug-likeness (QED) is 0.785. The molecule has 0 aromatic rings. The topological polar surface area (TPSA) is 29.1 Å². The molecular formula is C10H21NOS2. The van der Waals surface area contributed by atoms with E-state index in [2.05, 4.69) is 19.2 Å². The van der Waals surface area contributed by atoms with Crippen LogP contribution in [-0.4, -0.2) is 39.3 Å². The van der Waals surface area contributed by atoms with E-state index in [0.717, 1.165) is 18.2 Å². The lowest BCUT2D eigenvalue weighted by molar-refractivity contribution is 0.526. The molecule has 0 amide bonds. The Balaban J connectivity index is 2.07. The van der Waals surface area contributed by atoms with E-state index in [4.69, 9.17) is 0 Å². The minimum Gasteiger partial charge on any atom is -0.313 e. The fourth-order valence-corrected chi connectivity index (χ4v) is 3.25. The van der Waals surface area contributed by atoms with Crippen LogP contribution >= 0.6 is 11.8 Å². The van der Waals surface area contributed by atoms with Crippen molar-refractivity contribution < 1.29 is 4.21 Å². The lowest BCUT2D eigenvalue weighted by Gasteiger charge is -2.13. The molecule has 0 aliphatic carbocycles. The molecule has 0 spiro atoms. The summed E-state index contributed by atoms with van der Waals surface area (Å²) < 4.78 is 11.1. The minimum atomic E-state index is -0.666. The third-order valence-corrected chi connectivity index (χ3v) is 5.47. The summed E-state index contributed by atoms with van der Waals surface area (Å²) in [6.07, 6.45) is 4.10. The van der Waals surface area contributed by atoms with Gasteiger partial charge in [-0.25, -0.2) is 0 Å². The summed E-state index contributed by atoms with van der Waals surface area (Å²) in [5.41, 5.74) is 0. The lowest BCUT2D eigenvalue weighted by Crippen LogP contribution is -2.31. The minimum absolute atomic E-state index is 0.328. The van der Waals surface area contributed by atoms with Gasteiger partial charge in [0.1, 0.15) is 0 Å². The number of hydrogen-bond donors (Lipinski definition) is 1. The van der Waals surface area contributed by atoms with Crippen LogP contribution in [0.1, 0.15) is 26.7 Å². The summed E-state index contributed by atoms with van der Waals surface area (Å²) in [5.74, 6) is 1.24. The van der Waals surface area contributed by atoms with E-state index in [1.807, 2.05) is 11.8 Å². The predicted molar refractivity (Wildman–Crippen MR) is 66.5 cm³/mol.